The molecule has 3 N–H and O–H groups in total. The van der Waals surface area contributed by atoms with Crippen LogP contribution in [0.4, 0.5) is 0 Å². The number of nitrogens with zero attached hydrogens (tertiary/aromatic N) is 1. The minimum absolute atomic E-state index is 0.0726. The van der Waals surface area contributed by atoms with Gasteiger partial charge in [-0.05, 0) is 19.4 Å². The first-order valence-corrected chi connectivity index (χ1v) is 4.48. The molecule has 2 rings (SSSR count). The van der Waals surface area contributed by atoms with E-state index in [4.69, 9.17) is 0 Å². The van der Waals surface area contributed by atoms with Crippen molar-refractivity contribution in [2.45, 2.75) is 37.2 Å². The lowest BCUT2D eigenvalue weighted by Gasteiger charge is -2.39. The van der Waals surface area contributed by atoms with Crippen LogP contribution in [0.25, 0.3) is 0 Å². The molecule has 2 aliphatic rings. The smallest absolute Gasteiger partial charge is 0.108 e. The molecule has 0 amide bonds. The standard InChI is InChI=1S/C8H15NO3/c10-6-4-9-3-1-2-5(9)7(11)8(6)12/h5-8,10-12H,1-4H2/t5-,6+,7+,8+/m0/s1. The summed E-state index contributed by atoms with van der Waals surface area (Å²) in [5.41, 5.74) is 0. The number of aliphatic hydroxyl groups excluding tert-OH is 3. The second-order valence-corrected chi connectivity index (χ2v) is 3.75. The van der Waals surface area contributed by atoms with Crippen LogP contribution in [0, 0.1) is 0 Å². The predicted molar refractivity (Wildman–Crippen MR) is 42.6 cm³/mol. The Bertz CT molecular complexity index is 176. The summed E-state index contributed by atoms with van der Waals surface area (Å²) in [6.07, 6.45) is -0.513. The van der Waals surface area contributed by atoms with Gasteiger partial charge < -0.3 is 15.3 Å². The molecule has 70 valence electrons. The second kappa shape index (κ2) is 2.96. The summed E-state index contributed by atoms with van der Waals surface area (Å²) in [7, 11) is 0. The van der Waals surface area contributed by atoms with Crippen LogP contribution in [0.1, 0.15) is 12.8 Å². The van der Waals surface area contributed by atoms with Gasteiger partial charge in [0.1, 0.15) is 6.10 Å². The van der Waals surface area contributed by atoms with Crippen molar-refractivity contribution in [1.82, 2.24) is 4.90 Å². The van der Waals surface area contributed by atoms with E-state index in [0.29, 0.717) is 6.54 Å². The maximum Gasteiger partial charge on any atom is 0.108 e. The lowest BCUT2D eigenvalue weighted by molar-refractivity contribution is -0.127. The van der Waals surface area contributed by atoms with Gasteiger partial charge in [0.15, 0.2) is 0 Å². The van der Waals surface area contributed by atoms with Crippen molar-refractivity contribution < 1.29 is 15.3 Å². The molecule has 4 heteroatoms. The van der Waals surface area contributed by atoms with Gasteiger partial charge in [0, 0.05) is 12.6 Å². The van der Waals surface area contributed by atoms with Crippen LogP contribution < -0.4 is 0 Å². The lowest BCUT2D eigenvalue weighted by atomic mass is 9.94. The van der Waals surface area contributed by atoms with Gasteiger partial charge in [-0.25, -0.2) is 0 Å². The quantitative estimate of drug-likeness (QED) is 0.419. The van der Waals surface area contributed by atoms with E-state index in [1.54, 1.807) is 0 Å². The van der Waals surface area contributed by atoms with Crippen molar-refractivity contribution in [2.24, 2.45) is 0 Å². The highest BCUT2D eigenvalue weighted by Crippen LogP contribution is 2.27. The zero-order valence-electron chi connectivity index (χ0n) is 6.93. The van der Waals surface area contributed by atoms with E-state index in [1.165, 1.54) is 0 Å². The third kappa shape index (κ3) is 1.15. The molecule has 12 heavy (non-hydrogen) atoms. The third-order valence-corrected chi connectivity index (χ3v) is 2.97. The van der Waals surface area contributed by atoms with Crippen molar-refractivity contribution >= 4 is 0 Å². The highest BCUT2D eigenvalue weighted by atomic mass is 16.4. The minimum atomic E-state index is -0.954. The van der Waals surface area contributed by atoms with E-state index in [2.05, 4.69) is 4.90 Å². The molecule has 2 heterocycles. The summed E-state index contributed by atoms with van der Waals surface area (Å²) < 4.78 is 0. The van der Waals surface area contributed by atoms with Crippen molar-refractivity contribution in [3.63, 3.8) is 0 Å². The average Bonchev–Trinajstić information content (AvgIpc) is 2.48. The van der Waals surface area contributed by atoms with Gasteiger partial charge in [0.25, 0.3) is 0 Å². The van der Waals surface area contributed by atoms with Crippen LogP contribution in [0.3, 0.4) is 0 Å². The fourth-order valence-corrected chi connectivity index (χ4v) is 2.27. The Morgan fingerprint density at radius 2 is 1.83 bits per heavy atom. The van der Waals surface area contributed by atoms with E-state index in [1.807, 2.05) is 0 Å². The number of rotatable bonds is 0. The molecule has 0 unspecified atom stereocenters. The topological polar surface area (TPSA) is 63.9 Å². The SMILES string of the molecule is O[C@H]1[C@H](O)[C@@H]2CCCN2C[C@H]1O. The van der Waals surface area contributed by atoms with Crippen LogP contribution >= 0.6 is 0 Å². The highest BCUT2D eigenvalue weighted by Gasteiger charge is 2.42. The normalized spacial score (nSPS) is 49.2. The first-order valence-electron chi connectivity index (χ1n) is 4.48. The van der Waals surface area contributed by atoms with Gasteiger partial charge in [0.2, 0.25) is 0 Å². The van der Waals surface area contributed by atoms with Crippen molar-refractivity contribution in [2.75, 3.05) is 13.1 Å². The second-order valence-electron chi connectivity index (χ2n) is 3.75. The molecule has 0 radical (unpaired) electrons. The molecule has 0 saturated carbocycles. The van der Waals surface area contributed by atoms with Gasteiger partial charge in [0.05, 0.1) is 12.2 Å². The number of hydrogen-bond donors (Lipinski definition) is 3. The molecule has 2 fully saturated rings. The largest absolute Gasteiger partial charge is 0.389 e. The van der Waals surface area contributed by atoms with Crippen LogP contribution in [0.5, 0.6) is 0 Å². The Morgan fingerprint density at radius 3 is 2.58 bits per heavy atom. The van der Waals surface area contributed by atoms with Gasteiger partial charge >= 0.3 is 0 Å². The summed E-state index contributed by atoms with van der Waals surface area (Å²) in [4.78, 5) is 2.06. The number of aliphatic hydroxyl groups is 3. The average molecular weight is 173 g/mol. The Labute approximate surface area is 71.4 Å². The summed E-state index contributed by atoms with van der Waals surface area (Å²) in [6.45, 7) is 1.44. The van der Waals surface area contributed by atoms with E-state index in [-0.39, 0.29) is 6.04 Å². The van der Waals surface area contributed by atoms with Gasteiger partial charge in [-0.3, -0.25) is 4.90 Å². The molecule has 0 bridgehead atoms. The van der Waals surface area contributed by atoms with Crippen molar-refractivity contribution in [3.8, 4) is 0 Å². The Kier molecular flexibility index (Phi) is 2.08. The zero-order valence-corrected chi connectivity index (χ0v) is 6.93. The number of piperidine rings is 1. The highest BCUT2D eigenvalue weighted by molar-refractivity contribution is 4.97. The molecule has 0 aliphatic carbocycles. The van der Waals surface area contributed by atoms with Crippen molar-refractivity contribution in [1.29, 1.82) is 0 Å². The summed E-state index contributed by atoms with van der Waals surface area (Å²) in [5, 5.41) is 28.3. The molecule has 0 aromatic carbocycles. The first kappa shape index (κ1) is 8.44. The van der Waals surface area contributed by atoms with Gasteiger partial charge in [-0.1, -0.05) is 0 Å². The van der Waals surface area contributed by atoms with E-state index >= 15 is 0 Å². The fourth-order valence-electron chi connectivity index (χ4n) is 2.27. The molecule has 0 aromatic rings. The Balaban J connectivity index is 2.10. The molecule has 4 atom stereocenters. The van der Waals surface area contributed by atoms with Crippen LogP contribution in [0.2, 0.25) is 0 Å². The molecule has 0 aromatic heterocycles. The molecule has 2 saturated heterocycles. The summed E-state index contributed by atoms with van der Waals surface area (Å²) in [6, 6.07) is 0.0726. The molecular weight excluding hydrogens is 158 g/mol. The lowest BCUT2D eigenvalue weighted by Crippen LogP contribution is -2.58. The van der Waals surface area contributed by atoms with E-state index in [0.717, 1.165) is 19.4 Å². The van der Waals surface area contributed by atoms with Crippen LogP contribution in [0.15, 0.2) is 0 Å². The van der Waals surface area contributed by atoms with Gasteiger partial charge in [-0.2, -0.15) is 0 Å². The molecule has 0 spiro atoms. The first-order chi connectivity index (χ1) is 5.70. The zero-order chi connectivity index (χ0) is 8.72. The third-order valence-electron chi connectivity index (χ3n) is 2.97. The minimum Gasteiger partial charge on any atom is -0.389 e. The number of hydrogen-bond acceptors (Lipinski definition) is 4. The Hall–Kier alpha value is -0.160. The van der Waals surface area contributed by atoms with Crippen molar-refractivity contribution in [3.05, 3.63) is 0 Å². The Morgan fingerprint density at radius 1 is 1.08 bits per heavy atom. The van der Waals surface area contributed by atoms with E-state index < -0.39 is 18.3 Å². The molecular formula is C8H15NO3. The molecule has 2 aliphatic heterocycles. The number of fused-ring (bicyclic) bond motifs is 1. The van der Waals surface area contributed by atoms with E-state index in [9.17, 15) is 15.3 Å². The maximum atomic E-state index is 9.57. The monoisotopic (exact) mass is 173 g/mol. The summed E-state index contributed by atoms with van der Waals surface area (Å²) in [5.74, 6) is 0. The summed E-state index contributed by atoms with van der Waals surface area (Å²) >= 11 is 0. The van der Waals surface area contributed by atoms with Crippen LogP contribution in [-0.2, 0) is 0 Å². The predicted octanol–water partition coefficient (Wildman–Crippen LogP) is -1.45. The maximum absolute atomic E-state index is 9.57. The van der Waals surface area contributed by atoms with Crippen LogP contribution in [-0.4, -0.2) is 57.7 Å². The fraction of sp³-hybridized carbons (Fsp3) is 1.00. The van der Waals surface area contributed by atoms with Gasteiger partial charge in [-0.15, -0.1) is 0 Å². The molecule has 4 nitrogen and oxygen atoms in total.